The molecule has 8 heteroatoms. The van der Waals surface area contributed by atoms with Crippen LogP contribution in [0.3, 0.4) is 0 Å². The van der Waals surface area contributed by atoms with Crippen LogP contribution in [0.2, 0.25) is 0 Å². The fourth-order valence-corrected chi connectivity index (χ4v) is 1.78. The van der Waals surface area contributed by atoms with E-state index in [4.69, 9.17) is 28.1 Å². The molecule has 0 atom stereocenters. The molecular weight excluding hydrogens is 236 g/mol. The van der Waals surface area contributed by atoms with Crippen molar-refractivity contribution in [3.05, 3.63) is 0 Å². The second kappa shape index (κ2) is 5.36. The van der Waals surface area contributed by atoms with E-state index in [0.29, 0.717) is 3.94 Å². The molecule has 0 unspecified atom stereocenters. The number of rotatable bonds is 3. The number of halogens is 2. The van der Waals surface area contributed by atoms with Crippen molar-refractivity contribution in [3.63, 3.8) is 0 Å². The van der Waals surface area contributed by atoms with Crippen LogP contribution >= 0.6 is 23.6 Å². The van der Waals surface area contributed by atoms with E-state index in [-0.39, 0.29) is 29.6 Å². The molecule has 0 saturated carbocycles. The predicted octanol–water partition coefficient (Wildman–Crippen LogP) is 0.614. The molecular formula is C4H10Cl2NNaO3S. The summed E-state index contributed by atoms with van der Waals surface area (Å²) < 4.78 is 29.9. The Balaban J connectivity index is 0. The van der Waals surface area contributed by atoms with Crippen molar-refractivity contribution in [1.82, 2.24) is 3.94 Å². The van der Waals surface area contributed by atoms with Crippen LogP contribution in [0.5, 0.6) is 0 Å². The molecule has 0 aromatic heterocycles. The van der Waals surface area contributed by atoms with E-state index in [1.54, 1.807) is 0 Å². The minimum atomic E-state index is -4.04. The van der Waals surface area contributed by atoms with Crippen molar-refractivity contribution in [2.24, 2.45) is 0 Å². The third kappa shape index (κ3) is 6.91. The molecule has 0 saturated heterocycles. The second-order valence-corrected chi connectivity index (χ2v) is 5.07. The molecule has 0 fully saturated rings. The van der Waals surface area contributed by atoms with Gasteiger partial charge in [-0.3, -0.25) is 4.55 Å². The molecule has 0 aliphatic rings. The molecule has 0 aliphatic heterocycles. The molecule has 4 nitrogen and oxygen atoms in total. The number of nitrogens with zero attached hydrogens (tertiary/aromatic N) is 1. The zero-order valence-electron chi connectivity index (χ0n) is 6.08. The van der Waals surface area contributed by atoms with Crippen molar-refractivity contribution in [2.45, 2.75) is 19.4 Å². The summed E-state index contributed by atoms with van der Waals surface area (Å²) in [6, 6.07) is 0. The third-order valence-corrected chi connectivity index (χ3v) is 2.98. The molecule has 0 aromatic carbocycles. The Kier molecular flexibility index (Phi) is 7.10. The monoisotopic (exact) mass is 245 g/mol. The summed E-state index contributed by atoms with van der Waals surface area (Å²) in [6.07, 6.45) is 0. The van der Waals surface area contributed by atoms with Crippen molar-refractivity contribution in [3.8, 4) is 0 Å². The number of hydrogen-bond donors (Lipinski definition) is 1. The van der Waals surface area contributed by atoms with Gasteiger partial charge in [-0.25, -0.2) is 0 Å². The van der Waals surface area contributed by atoms with Gasteiger partial charge in [0, 0.05) is 0 Å². The Morgan fingerprint density at radius 3 is 1.83 bits per heavy atom. The van der Waals surface area contributed by atoms with Gasteiger partial charge in [-0.1, -0.05) is 0 Å². The molecule has 0 heterocycles. The van der Waals surface area contributed by atoms with Crippen LogP contribution in [0.15, 0.2) is 0 Å². The van der Waals surface area contributed by atoms with Crippen molar-refractivity contribution in [2.75, 3.05) is 5.75 Å². The van der Waals surface area contributed by atoms with E-state index in [2.05, 4.69) is 0 Å². The van der Waals surface area contributed by atoms with E-state index in [1.165, 1.54) is 13.8 Å². The summed E-state index contributed by atoms with van der Waals surface area (Å²) in [6.45, 7) is 2.97. The van der Waals surface area contributed by atoms with Crippen LogP contribution in [0.1, 0.15) is 13.8 Å². The second-order valence-electron chi connectivity index (χ2n) is 2.77. The zero-order valence-corrected chi connectivity index (χ0v) is 8.41. The van der Waals surface area contributed by atoms with Gasteiger partial charge < -0.3 is 0 Å². The van der Waals surface area contributed by atoms with Crippen LogP contribution < -0.4 is 0 Å². The Hall–Kier alpha value is 1.45. The predicted molar refractivity (Wildman–Crippen MR) is 51.2 cm³/mol. The van der Waals surface area contributed by atoms with Gasteiger partial charge in [0.2, 0.25) is 0 Å². The molecule has 0 aliphatic carbocycles. The Morgan fingerprint density at radius 1 is 1.42 bits per heavy atom. The average Bonchev–Trinajstić information content (AvgIpc) is 1.56. The molecule has 0 radical (unpaired) electrons. The standard InChI is InChI=1S/C4H9Cl2NO3S.Na.H/c1-4(2,7(5)6)3-11(8,9)10;;/h3H2,1-2H3,(H,8,9,10);;. The summed E-state index contributed by atoms with van der Waals surface area (Å²) >= 11 is 10.6. The first-order valence-electron chi connectivity index (χ1n) is 2.72. The van der Waals surface area contributed by atoms with Gasteiger partial charge in [0.15, 0.2) is 0 Å². The maximum absolute atomic E-state index is 10.4. The molecule has 0 aromatic rings. The Bertz CT molecular complexity index is 228. The van der Waals surface area contributed by atoms with Gasteiger partial charge in [0.25, 0.3) is 10.1 Å². The number of hydrogen-bond acceptors (Lipinski definition) is 3. The van der Waals surface area contributed by atoms with Gasteiger partial charge in [-0.15, -0.1) is 3.94 Å². The first kappa shape index (κ1) is 15.9. The Morgan fingerprint density at radius 2 is 1.75 bits per heavy atom. The molecule has 0 amide bonds. The maximum atomic E-state index is 10.4. The van der Waals surface area contributed by atoms with Gasteiger partial charge in [0.1, 0.15) is 0 Å². The van der Waals surface area contributed by atoms with Crippen LogP contribution in [0, 0.1) is 0 Å². The van der Waals surface area contributed by atoms with Gasteiger partial charge in [-0.2, -0.15) is 8.42 Å². The molecule has 0 rings (SSSR count). The normalized spacial score (nSPS) is 12.8. The van der Waals surface area contributed by atoms with E-state index in [0.717, 1.165) is 0 Å². The van der Waals surface area contributed by atoms with E-state index < -0.39 is 21.4 Å². The van der Waals surface area contributed by atoms with Gasteiger partial charge >= 0.3 is 29.6 Å². The van der Waals surface area contributed by atoms with Crippen LogP contribution in [-0.2, 0) is 10.1 Å². The fraction of sp³-hybridized carbons (Fsp3) is 1.00. The summed E-state index contributed by atoms with van der Waals surface area (Å²) in [5.41, 5.74) is -0.989. The van der Waals surface area contributed by atoms with Crippen molar-refractivity contribution >= 4 is 63.2 Å². The van der Waals surface area contributed by atoms with Crippen LogP contribution in [0.25, 0.3) is 0 Å². The minimum absolute atomic E-state index is 0. The van der Waals surface area contributed by atoms with Crippen molar-refractivity contribution in [1.29, 1.82) is 0 Å². The summed E-state index contributed by atoms with van der Waals surface area (Å²) in [7, 11) is -4.04. The van der Waals surface area contributed by atoms with E-state index in [9.17, 15) is 8.42 Å². The van der Waals surface area contributed by atoms with Gasteiger partial charge in [-0.05, 0) is 37.4 Å². The molecule has 12 heavy (non-hydrogen) atoms. The van der Waals surface area contributed by atoms with Gasteiger partial charge in [0.05, 0.1) is 11.3 Å². The fourth-order valence-electron chi connectivity index (χ4n) is 0.495. The van der Waals surface area contributed by atoms with E-state index >= 15 is 0 Å². The molecule has 70 valence electrons. The van der Waals surface area contributed by atoms with Crippen LogP contribution in [0.4, 0.5) is 0 Å². The van der Waals surface area contributed by atoms with Crippen LogP contribution in [-0.4, -0.2) is 57.8 Å². The molecule has 0 spiro atoms. The summed E-state index contributed by atoms with van der Waals surface area (Å²) in [4.78, 5) is 0. The summed E-state index contributed by atoms with van der Waals surface area (Å²) in [5, 5.41) is 0. The SMILES string of the molecule is CC(C)(CS(=O)(=O)O)N(Cl)Cl.[NaH]. The van der Waals surface area contributed by atoms with E-state index in [1.807, 2.05) is 0 Å². The Labute approximate surface area is 104 Å². The zero-order chi connectivity index (χ0) is 9.28. The summed E-state index contributed by atoms with van der Waals surface area (Å²) in [5.74, 6) is -0.507. The third-order valence-electron chi connectivity index (χ3n) is 0.993. The first-order valence-corrected chi connectivity index (χ1v) is 5.01. The molecule has 0 bridgehead atoms. The molecule has 1 N–H and O–H groups in total. The topological polar surface area (TPSA) is 57.6 Å². The van der Waals surface area contributed by atoms with Crippen molar-refractivity contribution < 1.29 is 13.0 Å². The average molecular weight is 246 g/mol. The first-order chi connectivity index (χ1) is 4.65. The quantitative estimate of drug-likeness (QED) is 0.450.